The Balaban J connectivity index is 2.45. The van der Waals surface area contributed by atoms with Gasteiger partial charge in [0.05, 0.1) is 12.6 Å². The third kappa shape index (κ3) is 5.71. The van der Waals surface area contributed by atoms with Gasteiger partial charge in [-0.1, -0.05) is 26.0 Å². The van der Waals surface area contributed by atoms with Crippen LogP contribution in [0.25, 0.3) is 0 Å². The zero-order valence-corrected chi connectivity index (χ0v) is 11.2. The first-order valence-electron chi connectivity index (χ1n) is 6.06. The second-order valence-corrected chi connectivity index (χ2v) is 4.60. The fraction of sp³-hybridized carbons (Fsp3) is 0.571. The second-order valence-electron chi connectivity index (χ2n) is 4.60. The topological polar surface area (TPSA) is 30.5 Å². The molecule has 0 aliphatic heterocycles. The van der Waals surface area contributed by atoms with Gasteiger partial charge < -0.3 is 14.8 Å². The van der Waals surface area contributed by atoms with E-state index in [0.29, 0.717) is 19.3 Å². The number of methoxy groups -OCH3 is 1. The number of hydrogen-bond acceptors (Lipinski definition) is 3. The summed E-state index contributed by atoms with van der Waals surface area (Å²) in [4.78, 5) is 0. The van der Waals surface area contributed by atoms with Crippen molar-refractivity contribution >= 4 is 0 Å². The molecule has 1 aromatic rings. The standard InChI is InChI=1S/C14H23NO2/c1-11(2)15-13(9-16-4)10-17-14-7-5-6-12(3)8-14/h5-8,11,13,15H,9-10H2,1-4H3/t13-/m1/s1. The molecular weight excluding hydrogens is 214 g/mol. The molecule has 0 radical (unpaired) electrons. The molecule has 0 aromatic heterocycles. The predicted octanol–water partition coefficient (Wildman–Crippen LogP) is 2.39. The zero-order chi connectivity index (χ0) is 12.7. The molecule has 0 saturated carbocycles. The third-order valence-corrected chi connectivity index (χ3v) is 2.38. The van der Waals surface area contributed by atoms with E-state index >= 15 is 0 Å². The van der Waals surface area contributed by atoms with Crippen LogP contribution in [0.3, 0.4) is 0 Å². The molecule has 0 saturated heterocycles. The Kier molecular flexibility index (Phi) is 6.01. The molecule has 1 N–H and O–H groups in total. The number of hydrogen-bond donors (Lipinski definition) is 1. The summed E-state index contributed by atoms with van der Waals surface area (Å²) >= 11 is 0. The van der Waals surface area contributed by atoms with Gasteiger partial charge in [0.25, 0.3) is 0 Å². The molecule has 1 aromatic carbocycles. The van der Waals surface area contributed by atoms with Crippen LogP contribution in [0.15, 0.2) is 24.3 Å². The highest BCUT2D eigenvalue weighted by Crippen LogP contribution is 2.12. The lowest BCUT2D eigenvalue weighted by molar-refractivity contribution is 0.132. The van der Waals surface area contributed by atoms with Gasteiger partial charge >= 0.3 is 0 Å². The Morgan fingerprint density at radius 2 is 2.00 bits per heavy atom. The molecule has 0 spiro atoms. The Bertz CT molecular complexity index is 326. The lowest BCUT2D eigenvalue weighted by Gasteiger charge is -2.21. The van der Waals surface area contributed by atoms with Crippen molar-refractivity contribution in [2.24, 2.45) is 0 Å². The van der Waals surface area contributed by atoms with Gasteiger partial charge in [0.2, 0.25) is 0 Å². The van der Waals surface area contributed by atoms with Crippen LogP contribution in [0.2, 0.25) is 0 Å². The van der Waals surface area contributed by atoms with Crippen LogP contribution in [0, 0.1) is 6.92 Å². The van der Waals surface area contributed by atoms with Crippen LogP contribution in [0.1, 0.15) is 19.4 Å². The maximum Gasteiger partial charge on any atom is 0.119 e. The van der Waals surface area contributed by atoms with Crippen molar-refractivity contribution in [3.8, 4) is 5.75 Å². The van der Waals surface area contributed by atoms with Gasteiger partial charge in [0.15, 0.2) is 0 Å². The summed E-state index contributed by atoms with van der Waals surface area (Å²) in [5.74, 6) is 0.914. The Labute approximate surface area is 104 Å². The van der Waals surface area contributed by atoms with Gasteiger partial charge in [0.1, 0.15) is 12.4 Å². The minimum atomic E-state index is 0.223. The van der Waals surface area contributed by atoms with E-state index in [2.05, 4.69) is 32.2 Å². The first kappa shape index (κ1) is 14.0. The highest BCUT2D eigenvalue weighted by atomic mass is 16.5. The van der Waals surface area contributed by atoms with Gasteiger partial charge in [-0.25, -0.2) is 0 Å². The van der Waals surface area contributed by atoms with Crippen molar-refractivity contribution in [2.75, 3.05) is 20.3 Å². The van der Waals surface area contributed by atoms with E-state index in [9.17, 15) is 0 Å². The molecule has 3 nitrogen and oxygen atoms in total. The number of rotatable bonds is 7. The van der Waals surface area contributed by atoms with Crippen molar-refractivity contribution in [1.82, 2.24) is 5.32 Å². The van der Waals surface area contributed by atoms with Gasteiger partial charge in [-0.2, -0.15) is 0 Å². The molecule has 1 atom stereocenters. The van der Waals surface area contributed by atoms with Crippen LogP contribution in [0.5, 0.6) is 5.75 Å². The molecular formula is C14H23NO2. The van der Waals surface area contributed by atoms with Crippen LogP contribution in [0.4, 0.5) is 0 Å². The van der Waals surface area contributed by atoms with E-state index in [1.165, 1.54) is 5.56 Å². The molecule has 17 heavy (non-hydrogen) atoms. The smallest absolute Gasteiger partial charge is 0.119 e. The Hall–Kier alpha value is -1.06. The molecule has 0 bridgehead atoms. The zero-order valence-electron chi connectivity index (χ0n) is 11.2. The predicted molar refractivity (Wildman–Crippen MR) is 70.6 cm³/mol. The lowest BCUT2D eigenvalue weighted by Crippen LogP contribution is -2.42. The fourth-order valence-electron chi connectivity index (χ4n) is 1.72. The highest BCUT2D eigenvalue weighted by Gasteiger charge is 2.10. The minimum Gasteiger partial charge on any atom is -0.492 e. The first-order chi connectivity index (χ1) is 8.11. The quantitative estimate of drug-likeness (QED) is 0.790. The van der Waals surface area contributed by atoms with E-state index in [4.69, 9.17) is 9.47 Å². The van der Waals surface area contributed by atoms with E-state index in [0.717, 1.165) is 5.75 Å². The fourth-order valence-corrected chi connectivity index (χ4v) is 1.72. The van der Waals surface area contributed by atoms with E-state index in [1.807, 2.05) is 18.2 Å². The highest BCUT2D eigenvalue weighted by molar-refractivity contribution is 5.27. The lowest BCUT2D eigenvalue weighted by atomic mass is 10.2. The maximum absolute atomic E-state index is 5.76. The largest absolute Gasteiger partial charge is 0.492 e. The van der Waals surface area contributed by atoms with E-state index < -0.39 is 0 Å². The summed E-state index contributed by atoms with van der Waals surface area (Å²) in [6.07, 6.45) is 0. The van der Waals surface area contributed by atoms with Crippen molar-refractivity contribution in [2.45, 2.75) is 32.9 Å². The number of nitrogens with one attached hydrogen (secondary N) is 1. The van der Waals surface area contributed by atoms with Gasteiger partial charge in [-0.3, -0.25) is 0 Å². The normalized spacial score (nSPS) is 12.8. The van der Waals surface area contributed by atoms with Crippen molar-refractivity contribution < 1.29 is 9.47 Å². The molecule has 1 rings (SSSR count). The minimum absolute atomic E-state index is 0.223. The van der Waals surface area contributed by atoms with E-state index in [1.54, 1.807) is 7.11 Å². The van der Waals surface area contributed by atoms with Gasteiger partial charge in [0, 0.05) is 13.2 Å². The molecule has 0 heterocycles. The van der Waals surface area contributed by atoms with Gasteiger partial charge in [-0.15, -0.1) is 0 Å². The Morgan fingerprint density at radius 1 is 1.24 bits per heavy atom. The second kappa shape index (κ2) is 7.30. The maximum atomic E-state index is 5.76. The third-order valence-electron chi connectivity index (χ3n) is 2.38. The molecule has 0 aliphatic carbocycles. The van der Waals surface area contributed by atoms with Crippen molar-refractivity contribution in [3.05, 3.63) is 29.8 Å². The summed E-state index contributed by atoms with van der Waals surface area (Å²) in [5.41, 5.74) is 1.21. The first-order valence-corrected chi connectivity index (χ1v) is 6.06. The number of benzene rings is 1. The van der Waals surface area contributed by atoms with Crippen LogP contribution < -0.4 is 10.1 Å². The molecule has 96 valence electrons. The van der Waals surface area contributed by atoms with Crippen LogP contribution in [-0.4, -0.2) is 32.4 Å². The summed E-state index contributed by atoms with van der Waals surface area (Å²) in [7, 11) is 1.71. The average Bonchev–Trinajstić information content (AvgIpc) is 2.26. The molecule has 3 heteroatoms. The van der Waals surface area contributed by atoms with Crippen LogP contribution in [-0.2, 0) is 4.74 Å². The number of aryl methyl sites for hydroxylation is 1. The average molecular weight is 237 g/mol. The molecule has 0 fully saturated rings. The monoisotopic (exact) mass is 237 g/mol. The molecule has 0 amide bonds. The van der Waals surface area contributed by atoms with Gasteiger partial charge in [-0.05, 0) is 24.6 Å². The SMILES string of the molecule is COC[C@H](COc1cccc(C)c1)NC(C)C. The van der Waals surface area contributed by atoms with Crippen molar-refractivity contribution in [3.63, 3.8) is 0 Å². The molecule has 0 aliphatic rings. The van der Waals surface area contributed by atoms with Crippen molar-refractivity contribution in [1.29, 1.82) is 0 Å². The molecule has 0 unspecified atom stereocenters. The Morgan fingerprint density at radius 3 is 2.59 bits per heavy atom. The summed E-state index contributed by atoms with van der Waals surface area (Å²) < 4.78 is 10.9. The van der Waals surface area contributed by atoms with Crippen LogP contribution >= 0.6 is 0 Å². The number of ether oxygens (including phenoxy) is 2. The summed E-state index contributed by atoms with van der Waals surface area (Å²) in [6.45, 7) is 7.58. The summed E-state index contributed by atoms with van der Waals surface area (Å²) in [5, 5.41) is 3.42. The van der Waals surface area contributed by atoms with E-state index in [-0.39, 0.29) is 6.04 Å². The summed E-state index contributed by atoms with van der Waals surface area (Å²) in [6, 6.07) is 8.74.